The Bertz CT molecular complexity index is 1270. The van der Waals surface area contributed by atoms with E-state index in [4.69, 9.17) is 4.98 Å². The Morgan fingerprint density at radius 3 is 2.27 bits per heavy atom. The molecule has 0 aliphatic carbocycles. The first-order valence-electron chi connectivity index (χ1n) is 13.3. The number of benzene rings is 2. The third kappa shape index (κ3) is 6.02. The molecule has 0 unspecified atom stereocenters. The van der Waals surface area contributed by atoms with Crippen LogP contribution in [0.2, 0.25) is 0 Å². The second-order valence-corrected chi connectivity index (χ2v) is 9.99. The number of amides is 1. The first-order chi connectivity index (χ1) is 18.0. The number of anilines is 2. The predicted molar refractivity (Wildman–Crippen MR) is 147 cm³/mol. The number of carbonyl (C=O) groups excluding carboxylic acids is 1. The van der Waals surface area contributed by atoms with Crippen molar-refractivity contribution in [2.75, 3.05) is 62.2 Å². The Balaban J connectivity index is 1.17. The maximum Gasteiger partial charge on any atom is 0.253 e. The molecule has 0 bridgehead atoms. The Labute approximate surface area is 218 Å². The number of carbonyl (C=O) groups is 1. The first-order valence-corrected chi connectivity index (χ1v) is 13.3. The summed E-state index contributed by atoms with van der Waals surface area (Å²) >= 11 is 0. The van der Waals surface area contributed by atoms with Crippen LogP contribution in [0, 0.1) is 6.92 Å². The van der Waals surface area contributed by atoms with Crippen molar-refractivity contribution >= 4 is 17.5 Å². The number of nitrogens with one attached hydrogen (secondary N) is 1. The van der Waals surface area contributed by atoms with Crippen LogP contribution in [0.1, 0.15) is 34.1 Å². The smallest absolute Gasteiger partial charge is 0.253 e. The third-order valence-corrected chi connectivity index (χ3v) is 7.38. The van der Waals surface area contributed by atoms with E-state index < -0.39 is 0 Å². The van der Waals surface area contributed by atoms with Crippen molar-refractivity contribution in [3.8, 4) is 0 Å². The molecule has 0 atom stereocenters. The van der Waals surface area contributed by atoms with Crippen LogP contribution in [0.15, 0.2) is 59.4 Å². The van der Waals surface area contributed by atoms with Crippen LogP contribution in [0.3, 0.4) is 0 Å². The fraction of sp³-hybridized carbons (Fsp3) is 0.414. The molecule has 1 aromatic heterocycles. The van der Waals surface area contributed by atoms with Crippen LogP contribution in [-0.2, 0) is 13.0 Å². The van der Waals surface area contributed by atoms with E-state index in [1.165, 1.54) is 16.8 Å². The van der Waals surface area contributed by atoms with Gasteiger partial charge in [0.1, 0.15) is 0 Å². The van der Waals surface area contributed by atoms with Crippen molar-refractivity contribution in [2.45, 2.75) is 26.8 Å². The van der Waals surface area contributed by atoms with Crippen LogP contribution in [0.25, 0.3) is 0 Å². The Morgan fingerprint density at radius 1 is 0.892 bits per heavy atom. The number of aromatic nitrogens is 2. The third-order valence-electron chi connectivity index (χ3n) is 7.38. The summed E-state index contributed by atoms with van der Waals surface area (Å²) in [6.45, 7) is 11.1. The molecule has 0 spiro atoms. The van der Waals surface area contributed by atoms with Crippen molar-refractivity contribution in [3.63, 3.8) is 0 Å². The molecule has 5 rings (SSSR count). The first kappa shape index (κ1) is 25.0. The highest BCUT2D eigenvalue weighted by Crippen LogP contribution is 2.19. The molecule has 37 heavy (non-hydrogen) atoms. The van der Waals surface area contributed by atoms with Gasteiger partial charge in [0.05, 0.1) is 5.69 Å². The van der Waals surface area contributed by atoms with E-state index in [-0.39, 0.29) is 11.5 Å². The van der Waals surface area contributed by atoms with Gasteiger partial charge in [-0.3, -0.25) is 19.5 Å². The Morgan fingerprint density at radius 2 is 1.59 bits per heavy atom. The summed E-state index contributed by atoms with van der Waals surface area (Å²) < 4.78 is 0. The lowest BCUT2D eigenvalue weighted by Crippen LogP contribution is -2.49. The number of nitrogens with zero attached hydrogens (tertiary/aromatic N) is 5. The van der Waals surface area contributed by atoms with E-state index in [2.05, 4.69) is 57.8 Å². The largest absolute Gasteiger partial charge is 0.369 e. The molecular formula is C29H36N6O2. The summed E-state index contributed by atoms with van der Waals surface area (Å²) in [6.07, 6.45) is 0.959. The predicted octanol–water partition coefficient (Wildman–Crippen LogP) is 2.93. The number of aromatic amines is 1. The lowest BCUT2D eigenvalue weighted by atomic mass is 10.1. The van der Waals surface area contributed by atoms with Crippen LogP contribution >= 0.6 is 0 Å². The molecule has 2 aliphatic heterocycles. The average molecular weight is 501 g/mol. The molecule has 2 fully saturated rings. The molecule has 8 nitrogen and oxygen atoms in total. The summed E-state index contributed by atoms with van der Waals surface area (Å²) in [5.41, 5.74) is 5.15. The molecule has 3 aromatic rings. The standard InChI is InChI=1S/C29H36N6O2/c1-3-23-7-9-24(10-8-23)28(37)34-15-17-35(18-16-34)29-30-25(20-27(36)31-29)21-32-11-13-33(14-12-32)26-6-4-5-22(2)19-26/h4-10,19-20H,3,11-18,21H2,1-2H3,(H,30,31,36). The van der Waals surface area contributed by atoms with Crippen molar-refractivity contribution < 1.29 is 4.79 Å². The Kier molecular flexibility index (Phi) is 7.55. The number of rotatable bonds is 6. The van der Waals surface area contributed by atoms with Gasteiger partial charge in [-0.15, -0.1) is 0 Å². The summed E-state index contributed by atoms with van der Waals surface area (Å²) in [7, 11) is 0. The molecule has 8 heteroatoms. The maximum atomic E-state index is 12.9. The second kappa shape index (κ2) is 11.2. The quantitative estimate of drug-likeness (QED) is 0.561. The van der Waals surface area contributed by atoms with Crippen molar-refractivity contribution in [1.29, 1.82) is 0 Å². The summed E-state index contributed by atoms with van der Waals surface area (Å²) in [5, 5.41) is 0. The molecule has 2 saturated heterocycles. The van der Waals surface area contributed by atoms with Crippen molar-refractivity contribution in [1.82, 2.24) is 19.8 Å². The second-order valence-electron chi connectivity index (χ2n) is 9.99. The molecule has 3 heterocycles. The van der Waals surface area contributed by atoms with Gasteiger partial charge in [-0.2, -0.15) is 0 Å². The highest BCUT2D eigenvalue weighted by atomic mass is 16.2. The van der Waals surface area contributed by atoms with Gasteiger partial charge >= 0.3 is 0 Å². The monoisotopic (exact) mass is 500 g/mol. The molecule has 2 aromatic carbocycles. The number of H-pyrrole nitrogens is 1. The van der Waals surface area contributed by atoms with Gasteiger partial charge in [0.25, 0.3) is 11.5 Å². The van der Waals surface area contributed by atoms with Gasteiger partial charge < -0.3 is 14.7 Å². The van der Waals surface area contributed by atoms with Gasteiger partial charge in [-0.1, -0.05) is 31.2 Å². The zero-order valence-electron chi connectivity index (χ0n) is 21.8. The van der Waals surface area contributed by atoms with E-state index in [0.717, 1.165) is 43.9 Å². The number of hydrogen-bond donors (Lipinski definition) is 1. The van der Waals surface area contributed by atoms with Crippen LogP contribution < -0.4 is 15.4 Å². The van der Waals surface area contributed by atoms with Gasteiger partial charge in [-0.25, -0.2) is 4.98 Å². The highest BCUT2D eigenvalue weighted by Gasteiger charge is 2.24. The topological polar surface area (TPSA) is 75.8 Å². The molecular weight excluding hydrogens is 464 g/mol. The number of aryl methyl sites for hydroxylation is 2. The van der Waals surface area contributed by atoms with Gasteiger partial charge in [0.15, 0.2) is 0 Å². The molecule has 1 amide bonds. The van der Waals surface area contributed by atoms with E-state index in [1.54, 1.807) is 6.07 Å². The lowest BCUT2D eigenvalue weighted by Gasteiger charge is -2.36. The highest BCUT2D eigenvalue weighted by molar-refractivity contribution is 5.94. The zero-order chi connectivity index (χ0) is 25.8. The van der Waals surface area contributed by atoms with Crippen LogP contribution in [0.4, 0.5) is 11.6 Å². The molecule has 0 saturated carbocycles. The Hall–Kier alpha value is -3.65. The lowest BCUT2D eigenvalue weighted by molar-refractivity contribution is 0.0746. The minimum atomic E-state index is -0.132. The fourth-order valence-electron chi connectivity index (χ4n) is 5.13. The molecule has 1 N–H and O–H groups in total. The van der Waals surface area contributed by atoms with Gasteiger partial charge in [0.2, 0.25) is 5.95 Å². The summed E-state index contributed by atoms with van der Waals surface area (Å²) in [6, 6.07) is 18.1. The van der Waals surface area contributed by atoms with E-state index >= 15 is 0 Å². The van der Waals surface area contributed by atoms with Gasteiger partial charge in [-0.05, 0) is 48.7 Å². The maximum absolute atomic E-state index is 12.9. The minimum absolute atomic E-state index is 0.0577. The summed E-state index contributed by atoms with van der Waals surface area (Å²) in [4.78, 5) is 41.8. The number of piperazine rings is 2. The normalized spacial score (nSPS) is 16.8. The van der Waals surface area contributed by atoms with E-state index in [0.29, 0.717) is 38.7 Å². The van der Waals surface area contributed by atoms with Gasteiger partial charge in [0, 0.05) is 76.2 Å². The van der Waals surface area contributed by atoms with E-state index in [9.17, 15) is 9.59 Å². The summed E-state index contributed by atoms with van der Waals surface area (Å²) in [5.74, 6) is 0.655. The molecule has 2 aliphatic rings. The molecule has 194 valence electrons. The zero-order valence-corrected chi connectivity index (χ0v) is 21.8. The van der Waals surface area contributed by atoms with Crippen LogP contribution in [0.5, 0.6) is 0 Å². The molecule has 0 radical (unpaired) electrons. The van der Waals surface area contributed by atoms with Crippen molar-refractivity contribution in [2.24, 2.45) is 0 Å². The SMILES string of the molecule is CCc1ccc(C(=O)N2CCN(c3nc(CN4CCN(c5cccc(C)c5)CC4)cc(=O)[nH]3)CC2)cc1. The average Bonchev–Trinajstić information content (AvgIpc) is 2.93. The van der Waals surface area contributed by atoms with Crippen molar-refractivity contribution in [3.05, 3.63) is 87.3 Å². The van der Waals surface area contributed by atoms with Crippen LogP contribution in [-0.4, -0.2) is 78.0 Å². The fourth-order valence-corrected chi connectivity index (χ4v) is 5.13. The number of hydrogen-bond acceptors (Lipinski definition) is 6. The minimum Gasteiger partial charge on any atom is -0.369 e. The van der Waals surface area contributed by atoms with E-state index in [1.807, 2.05) is 29.2 Å².